The molecule has 0 aliphatic rings. The van der Waals surface area contributed by atoms with Crippen molar-refractivity contribution in [1.29, 1.82) is 5.26 Å². The number of hydrogen-bond acceptors (Lipinski definition) is 3. The van der Waals surface area contributed by atoms with E-state index in [-0.39, 0.29) is 12.1 Å². The fourth-order valence-corrected chi connectivity index (χ4v) is 2.05. The highest BCUT2D eigenvalue weighted by atomic mass is 14.9. The van der Waals surface area contributed by atoms with E-state index in [9.17, 15) is 0 Å². The fraction of sp³-hybridized carbons (Fsp3) is 0.250. The van der Waals surface area contributed by atoms with Gasteiger partial charge in [-0.3, -0.25) is 4.98 Å². The Balaban J connectivity index is 2.04. The molecular weight excluding hydrogens is 234 g/mol. The van der Waals surface area contributed by atoms with Crippen molar-refractivity contribution < 1.29 is 0 Å². The van der Waals surface area contributed by atoms with Crippen LogP contribution in [0, 0.1) is 11.3 Å². The molecule has 1 aromatic heterocycles. The normalized spacial score (nSPS) is 13.5. The number of hydrogen-bond donors (Lipinski definition) is 1. The Morgan fingerprint density at radius 2 is 1.74 bits per heavy atom. The molecule has 1 N–H and O–H groups in total. The second-order valence-electron chi connectivity index (χ2n) is 4.63. The van der Waals surface area contributed by atoms with Crippen LogP contribution < -0.4 is 5.32 Å². The third-order valence-electron chi connectivity index (χ3n) is 3.22. The minimum absolute atomic E-state index is 0.225. The Labute approximate surface area is 113 Å². The molecule has 0 radical (unpaired) electrons. The molecule has 0 aliphatic carbocycles. The van der Waals surface area contributed by atoms with Crippen molar-refractivity contribution in [3.8, 4) is 6.07 Å². The maximum atomic E-state index is 8.79. The lowest BCUT2D eigenvalue weighted by molar-refractivity contribution is 0.494. The van der Waals surface area contributed by atoms with Crippen LogP contribution in [0.1, 0.15) is 42.6 Å². The van der Waals surface area contributed by atoms with Gasteiger partial charge in [0.25, 0.3) is 0 Å². The number of nitrogens with zero attached hydrogens (tertiary/aromatic N) is 2. The van der Waals surface area contributed by atoms with Crippen LogP contribution in [0.25, 0.3) is 0 Å². The molecule has 1 heterocycles. The lowest BCUT2D eigenvalue weighted by atomic mass is 10.0. The molecule has 0 aliphatic heterocycles. The number of rotatable bonds is 4. The van der Waals surface area contributed by atoms with Crippen molar-refractivity contribution in [3.63, 3.8) is 0 Å². The van der Waals surface area contributed by atoms with Crippen LogP contribution in [0.5, 0.6) is 0 Å². The Morgan fingerprint density at radius 3 is 2.32 bits per heavy atom. The molecule has 2 aromatic rings. The highest BCUT2D eigenvalue weighted by Gasteiger charge is 2.10. The van der Waals surface area contributed by atoms with E-state index < -0.39 is 0 Å². The van der Waals surface area contributed by atoms with Gasteiger partial charge in [-0.15, -0.1) is 0 Å². The van der Waals surface area contributed by atoms with E-state index >= 15 is 0 Å². The third-order valence-corrected chi connectivity index (χ3v) is 3.22. The van der Waals surface area contributed by atoms with Crippen LogP contribution in [-0.4, -0.2) is 4.98 Å². The van der Waals surface area contributed by atoms with Gasteiger partial charge >= 0.3 is 0 Å². The molecule has 3 nitrogen and oxygen atoms in total. The summed E-state index contributed by atoms with van der Waals surface area (Å²) in [7, 11) is 0. The van der Waals surface area contributed by atoms with Crippen molar-refractivity contribution in [3.05, 3.63) is 65.5 Å². The summed E-state index contributed by atoms with van der Waals surface area (Å²) in [6, 6.07) is 14.3. The summed E-state index contributed by atoms with van der Waals surface area (Å²) in [4.78, 5) is 4.13. The standard InChI is InChI=1S/C16H17N3/c1-12(15-7-5-14(10-17)6-8-15)19-13(2)16-4-3-9-18-11-16/h3-9,11-13,19H,1-2H3/t12?,13-/m0/s1. The predicted octanol–water partition coefficient (Wildman–Crippen LogP) is 3.37. The summed E-state index contributed by atoms with van der Waals surface area (Å²) in [6.07, 6.45) is 3.66. The molecule has 0 bridgehead atoms. The van der Waals surface area contributed by atoms with E-state index in [2.05, 4.69) is 36.3 Å². The molecule has 2 rings (SSSR count). The molecule has 0 saturated heterocycles. The van der Waals surface area contributed by atoms with E-state index in [1.54, 1.807) is 6.20 Å². The number of benzene rings is 1. The van der Waals surface area contributed by atoms with Gasteiger partial charge in [0.15, 0.2) is 0 Å². The van der Waals surface area contributed by atoms with Gasteiger partial charge in [0.1, 0.15) is 0 Å². The van der Waals surface area contributed by atoms with Gasteiger partial charge < -0.3 is 5.32 Å². The smallest absolute Gasteiger partial charge is 0.0991 e. The van der Waals surface area contributed by atoms with Gasteiger partial charge in [0.05, 0.1) is 11.6 Å². The Bertz CT molecular complexity index is 555. The van der Waals surface area contributed by atoms with Crippen LogP contribution in [0.2, 0.25) is 0 Å². The SMILES string of the molecule is CC(N[C@@H](C)c1cccnc1)c1ccc(C#N)cc1. The Kier molecular flexibility index (Phi) is 4.27. The number of aromatic nitrogens is 1. The summed E-state index contributed by atoms with van der Waals surface area (Å²) >= 11 is 0. The highest BCUT2D eigenvalue weighted by molar-refractivity contribution is 5.32. The Hall–Kier alpha value is -2.18. The van der Waals surface area contributed by atoms with Gasteiger partial charge in [-0.1, -0.05) is 18.2 Å². The van der Waals surface area contributed by atoms with Gasteiger partial charge in [0.2, 0.25) is 0 Å². The average molecular weight is 251 g/mol. The zero-order valence-corrected chi connectivity index (χ0v) is 11.2. The third kappa shape index (κ3) is 3.40. The van der Waals surface area contributed by atoms with Crippen LogP contribution in [0.4, 0.5) is 0 Å². The summed E-state index contributed by atoms with van der Waals surface area (Å²) in [5.41, 5.74) is 3.04. The molecule has 1 aromatic carbocycles. The monoisotopic (exact) mass is 251 g/mol. The van der Waals surface area contributed by atoms with Crippen LogP contribution >= 0.6 is 0 Å². The van der Waals surface area contributed by atoms with Crippen molar-refractivity contribution in [2.45, 2.75) is 25.9 Å². The molecule has 3 heteroatoms. The van der Waals surface area contributed by atoms with E-state index in [0.717, 1.165) is 0 Å². The second-order valence-corrected chi connectivity index (χ2v) is 4.63. The molecule has 96 valence electrons. The summed E-state index contributed by atoms with van der Waals surface area (Å²) in [5, 5.41) is 12.3. The Morgan fingerprint density at radius 1 is 1.05 bits per heavy atom. The van der Waals surface area contributed by atoms with E-state index in [4.69, 9.17) is 5.26 Å². The van der Waals surface area contributed by atoms with Gasteiger partial charge in [-0.05, 0) is 43.2 Å². The first kappa shape index (κ1) is 13.3. The zero-order valence-electron chi connectivity index (χ0n) is 11.2. The predicted molar refractivity (Wildman–Crippen MR) is 75.4 cm³/mol. The first-order valence-corrected chi connectivity index (χ1v) is 6.36. The van der Waals surface area contributed by atoms with Crippen molar-refractivity contribution in [2.75, 3.05) is 0 Å². The molecular formula is C16H17N3. The second kappa shape index (κ2) is 6.12. The molecule has 0 saturated carbocycles. The van der Waals surface area contributed by atoms with Crippen LogP contribution in [0.15, 0.2) is 48.8 Å². The fourth-order valence-electron chi connectivity index (χ4n) is 2.05. The lowest BCUT2D eigenvalue weighted by Gasteiger charge is -2.20. The molecule has 1 unspecified atom stereocenters. The summed E-state index contributed by atoms with van der Waals surface area (Å²) in [6.45, 7) is 4.24. The maximum Gasteiger partial charge on any atom is 0.0991 e. The molecule has 0 fully saturated rings. The van der Waals surface area contributed by atoms with Crippen molar-refractivity contribution >= 4 is 0 Å². The van der Waals surface area contributed by atoms with E-state index in [1.165, 1.54) is 11.1 Å². The molecule has 19 heavy (non-hydrogen) atoms. The van der Waals surface area contributed by atoms with Crippen LogP contribution in [0.3, 0.4) is 0 Å². The summed E-state index contributed by atoms with van der Waals surface area (Å²) < 4.78 is 0. The van der Waals surface area contributed by atoms with Gasteiger partial charge in [-0.25, -0.2) is 0 Å². The molecule has 0 amide bonds. The minimum Gasteiger partial charge on any atom is -0.304 e. The quantitative estimate of drug-likeness (QED) is 0.906. The van der Waals surface area contributed by atoms with Gasteiger partial charge in [0, 0.05) is 24.5 Å². The van der Waals surface area contributed by atoms with Crippen molar-refractivity contribution in [2.24, 2.45) is 0 Å². The van der Waals surface area contributed by atoms with E-state index in [1.807, 2.05) is 36.5 Å². The number of nitrogens with one attached hydrogen (secondary N) is 1. The topological polar surface area (TPSA) is 48.7 Å². The minimum atomic E-state index is 0.225. The number of pyridine rings is 1. The maximum absolute atomic E-state index is 8.79. The molecule has 0 spiro atoms. The van der Waals surface area contributed by atoms with Crippen molar-refractivity contribution in [1.82, 2.24) is 10.3 Å². The van der Waals surface area contributed by atoms with Crippen LogP contribution in [-0.2, 0) is 0 Å². The zero-order chi connectivity index (χ0) is 13.7. The highest BCUT2D eigenvalue weighted by Crippen LogP contribution is 2.19. The first-order chi connectivity index (χ1) is 9.20. The summed E-state index contributed by atoms with van der Waals surface area (Å²) in [5.74, 6) is 0. The molecule has 2 atom stereocenters. The largest absolute Gasteiger partial charge is 0.304 e. The number of nitriles is 1. The average Bonchev–Trinajstić information content (AvgIpc) is 2.48. The van der Waals surface area contributed by atoms with E-state index in [0.29, 0.717) is 5.56 Å². The first-order valence-electron chi connectivity index (χ1n) is 6.36. The lowest BCUT2D eigenvalue weighted by Crippen LogP contribution is -2.22. The van der Waals surface area contributed by atoms with Gasteiger partial charge in [-0.2, -0.15) is 5.26 Å².